The number of aromatic nitrogens is 1. The summed E-state index contributed by atoms with van der Waals surface area (Å²) in [5, 5.41) is 12.4. The molecule has 0 bridgehead atoms. The van der Waals surface area contributed by atoms with E-state index in [9.17, 15) is 27.9 Å². The van der Waals surface area contributed by atoms with Crippen LogP contribution in [0.2, 0.25) is 5.02 Å². The van der Waals surface area contributed by atoms with E-state index >= 15 is 0 Å². The van der Waals surface area contributed by atoms with Gasteiger partial charge in [0.2, 0.25) is 0 Å². The molecule has 0 spiro atoms. The number of nitrogens with one attached hydrogen (secondary N) is 2. The molecule has 3 rings (SSSR count). The number of benzene rings is 2. The normalized spacial score (nSPS) is 11.1. The SMILES string of the molecule is CCCCCc1cc(C(=O)NS(=O)(=O)c2ccc(CCNC(=O)c3cc(OC)ccc3Cl)cc2)cnc1C(=O)O. The van der Waals surface area contributed by atoms with E-state index in [1.807, 2.05) is 11.6 Å². The fraction of sp³-hybridized carbons (Fsp3) is 0.286. The second kappa shape index (κ2) is 13.9. The van der Waals surface area contributed by atoms with Crippen LogP contribution >= 0.6 is 11.6 Å². The summed E-state index contributed by atoms with van der Waals surface area (Å²) in [6.07, 6.45) is 4.40. The van der Waals surface area contributed by atoms with Gasteiger partial charge in [-0.1, -0.05) is 43.5 Å². The summed E-state index contributed by atoms with van der Waals surface area (Å²) >= 11 is 6.10. The minimum Gasteiger partial charge on any atom is -0.497 e. The van der Waals surface area contributed by atoms with E-state index in [0.29, 0.717) is 30.6 Å². The molecule has 0 unspecified atom stereocenters. The third-order valence-electron chi connectivity index (χ3n) is 6.06. The number of aryl methyl sites for hydroxylation is 1. The predicted octanol–water partition coefficient (Wildman–Crippen LogP) is 4.27. The number of ether oxygens (including phenoxy) is 1. The lowest BCUT2D eigenvalue weighted by Crippen LogP contribution is -2.31. The number of unbranched alkanes of at least 4 members (excludes halogenated alkanes) is 2. The van der Waals surface area contributed by atoms with Gasteiger partial charge in [0.05, 0.1) is 28.2 Å². The van der Waals surface area contributed by atoms with Crippen LogP contribution in [-0.4, -0.2) is 49.9 Å². The van der Waals surface area contributed by atoms with Gasteiger partial charge >= 0.3 is 5.97 Å². The number of sulfonamides is 1. The largest absolute Gasteiger partial charge is 0.497 e. The van der Waals surface area contributed by atoms with E-state index < -0.39 is 21.9 Å². The van der Waals surface area contributed by atoms with E-state index in [0.717, 1.165) is 24.6 Å². The van der Waals surface area contributed by atoms with Crippen LogP contribution in [0.1, 0.15) is 68.5 Å². The van der Waals surface area contributed by atoms with Crippen molar-refractivity contribution in [3.05, 3.63) is 87.7 Å². The van der Waals surface area contributed by atoms with Crippen molar-refractivity contribution in [2.45, 2.75) is 43.9 Å². The van der Waals surface area contributed by atoms with Crippen molar-refractivity contribution in [2.75, 3.05) is 13.7 Å². The Hall–Kier alpha value is -3.96. The lowest BCUT2D eigenvalue weighted by atomic mass is 10.0. The quantitative estimate of drug-likeness (QED) is 0.251. The van der Waals surface area contributed by atoms with Crippen LogP contribution in [0.3, 0.4) is 0 Å². The molecule has 212 valence electrons. The molecule has 12 heteroatoms. The van der Waals surface area contributed by atoms with Crippen LogP contribution in [0.15, 0.2) is 59.6 Å². The number of carboxylic acids is 1. The topological polar surface area (TPSA) is 152 Å². The number of carboxylic acid groups (broad SMARTS) is 1. The highest BCUT2D eigenvalue weighted by Gasteiger charge is 2.21. The summed E-state index contributed by atoms with van der Waals surface area (Å²) < 4.78 is 32.8. The number of rotatable bonds is 13. The van der Waals surface area contributed by atoms with E-state index in [2.05, 4.69) is 10.3 Å². The average molecular weight is 588 g/mol. The number of nitrogens with zero attached hydrogens (tertiary/aromatic N) is 1. The van der Waals surface area contributed by atoms with Crippen molar-refractivity contribution < 1.29 is 32.6 Å². The minimum atomic E-state index is -4.21. The van der Waals surface area contributed by atoms with Crippen LogP contribution in [-0.2, 0) is 22.9 Å². The van der Waals surface area contributed by atoms with Crippen molar-refractivity contribution >= 4 is 39.4 Å². The maximum atomic E-state index is 12.8. The molecule has 1 aromatic heterocycles. The zero-order valence-electron chi connectivity index (χ0n) is 22.1. The van der Waals surface area contributed by atoms with E-state index in [1.54, 1.807) is 24.3 Å². The summed E-state index contributed by atoms with van der Waals surface area (Å²) in [7, 11) is -2.72. The van der Waals surface area contributed by atoms with Gasteiger partial charge < -0.3 is 15.2 Å². The van der Waals surface area contributed by atoms with Crippen LogP contribution in [0.4, 0.5) is 0 Å². The summed E-state index contributed by atoms with van der Waals surface area (Å²) in [5.74, 6) is -2.00. The number of carbonyl (C=O) groups is 3. The standard InChI is InChI=1S/C28H30ClN3O7S/c1-3-4-5-6-19-15-20(17-31-25(19)28(35)36)26(33)32-40(37,38)22-10-7-18(8-11-22)13-14-30-27(34)23-16-21(39-2)9-12-24(23)29/h7-12,15-17H,3-6,13-14H2,1-2H3,(H,30,34)(H,32,33)(H,35,36). The van der Waals surface area contributed by atoms with Gasteiger partial charge in [0.1, 0.15) is 5.75 Å². The van der Waals surface area contributed by atoms with Crippen LogP contribution in [0, 0.1) is 0 Å². The fourth-order valence-corrected chi connectivity index (χ4v) is 5.06. The smallest absolute Gasteiger partial charge is 0.354 e. The first-order valence-electron chi connectivity index (χ1n) is 12.6. The van der Waals surface area contributed by atoms with Gasteiger partial charge in [0, 0.05) is 12.7 Å². The highest BCUT2D eigenvalue weighted by atomic mass is 35.5. The lowest BCUT2D eigenvalue weighted by Gasteiger charge is -2.11. The molecule has 3 aromatic rings. The van der Waals surface area contributed by atoms with Crippen LogP contribution < -0.4 is 14.8 Å². The van der Waals surface area contributed by atoms with Gasteiger partial charge in [-0.05, 0) is 66.8 Å². The molecule has 0 aliphatic heterocycles. The molecular weight excluding hydrogens is 558 g/mol. The number of amides is 2. The second-order valence-electron chi connectivity index (χ2n) is 8.92. The summed E-state index contributed by atoms with van der Waals surface area (Å²) in [6.45, 7) is 2.28. The molecule has 0 radical (unpaired) electrons. The molecule has 0 saturated carbocycles. The van der Waals surface area contributed by atoms with Crippen LogP contribution in [0.25, 0.3) is 0 Å². The minimum absolute atomic E-state index is 0.0522. The van der Waals surface area contributed by atoms with Gasteiger partial charge in [-0.25, -0.2) is 22.9 Å². The predicted molar refractivity (Wildman–Crippen MR) is 150 cm³/mol. The molecule has 0 aliphatic carbocycles. The molecule has 2 amide bonds. The Labute approximate surface area is 237 Å². The number of hydrogen-bond donors (Lipinski definition) is 3. The Kier molecular flexibility index (Phi) is 10.6. The Morgan fingerprint density at radius 2 is 1.73 bits per heavy atom. The van der Waals surface area contributed by atoms with Crippen molar-refractivity contribution in [3.8, 4) is 5.75 Å². The van der Waals surface area contributed by atoms with Gasteiger partial charge in [0.25, 0.3) is 21.8 Å². The van der Waals surface area contributed by atoms with Gasteiger partial charge in [-0.3, -0.25) is 9.59 Å². The van der Waals surface area contributed by atoms with Gasteiger partial charge in [-0.15, -0.1) is 0 Å². The molecule has 0 fully saturated rings. The molecule has 10 nitrogen and oxygen atoms in total. The molecule has 3 N–H and O–H groups in total. The van der Waals surface area contributed by atoms with Crippen molar-refractivity contribution in [3.63, 3.8) is 0 Å². The number of pyridine rings is 1. The summed E-state index contributed by atoms with van der Waals surface area (Å²) in [6, 6.07) is 12.0. The Bertz CT molecular complexity index is 1490. The number of carbonyl (C=O) groups excluding carboxylic acids is 2. The van der Waals surface area contributed by atoms with Crippen LogP contribution in [0.5, 0.6) is 5.75 Å². The van der Waals surface area contributed by atoms with Gasteiger partial charge in [-0.2, -0.15) is 0 Å². The highest BCUT2D eigenvalue weighted by Crippen LogP contribution is 2.22. The third-order valence-corrected chi connectivity index (χ3v) is 7.74. The third kappa shape index (κ3) is 8.03. The maximum Gasteiger partial charge on any atom is 0.354 e. The molecule has 0 aliphatic rings. The van der Waals surface area contributed by atoms with Crippen molar-refractivity contribution in [2.24, 2.45) is 0 Å². The fourth-order valence-electron chi connectivity index (χ4n) is 3.88. The maximum absolute atomic E-state index is 12.8. The number of hydrogen-bond acceptors (Lipinski definition) is 7. The first-order valence-corrected chi connectivity index (χ1v) is 14.4. The monoisotopic (exact) mass is 587 g/mol. The number of halogens is 1. The molecular formula is C28H30ClN3O7S. The Morgan fingerprint density at radius 1 is 1.00 bits per heavy atom. The summed E-state index contributed by atoms with van der Waals surface area (Å²) in [4.78, 5) is 40.4. The van der Waals surface area contributed by atoms with E-state index in [1.165, 1.54) is 31.4 Å². The first kappa shape index (κ1) is 30.6. The lowest BCUT2D eigenvalue weighted by molar-refractivity contribution is 0.0688. The Balaban J connectivity index is 1.62. The van der Waals surface area contributed by atoms with Crippen molar-refractivity contribution in [1.29, 1.82) is 0 Å². The van der Waals surface area contributed by atoms with Gasteiger partial charge in [0.15, 0.2) is 5.69 Å². The average Bonchev–Trinajstić information content (AvgIpc) is 2.93. The van der Waals surface area contributed by atoms with Crippen molar-refractivity contribution in [1.82, 2.24) is 15.0 Å². The first-order chi connectivity index (χ1) is 19.1. The zero-order valence-corrected chi connectivity index (χ0v) is 23.6. The molecule has 0 atom stereocenters. The molecule has 40 heavy (non-hydrogen) atoms. The molecule has 0 saturated heterocycles. The highest BCUT2D eigenvalue weighted by molar-refractivity contribution is 7.90. The Morgan fingerprint density at radius 3 is 2.38 bits per heavy atom. The summed E-state index contributed by atoms with van der Waals surface area (Å²) in [5.41, 5.74) is 1.19. The number of aromatic carboxylic acids is 1. The molecule has 1 heterocycles. The molecule has 2 aromatic carbocycles. The number of methoxy groups -OCH3 is 1. The van der Waals surface area contributed by atoms with E-state index in [4.69, 9.17) is 16.3 Å². The zero-order chi connectivity index (χ0) is 29.3. The van der Waals surface area contributed by atoms with E-state index in [-0.39, 0.29) is 39.2 Å². The second-order valence-corrected chi connectivity index (χ2v) is 11.0.